The molecule has 6 heteroatoms. The molecule has 0 aliphatic rings. The number of anilines is 3. The molecule has 0 unspecified atom stereocenters. The first kappa shape index (κ1) is 12.8. The van der Waals surface area contributed by atoms with Gasteiger partial charge in [0, 0.05) is 17.3 Å². The van der Waals surface area contributed by atoms with Crippen molar-refractivity contribution in [1.29, 1.82) is 0 Å². The van der Waals surface area contributed by atoms with Gasteiger partial charge in [0.15, 0.2) is 11.6 Å². The summed E-state index contributed by atoms with van der Waals surface area (Å²) in [6, 6.07) is 7.82. The smallest absolute Gasteiger partial charge is 0.248 e. The zero-order valence-corrected chi connectivity index (χ0v) is 9.78. The predicted octanol–water partition coefficient (Wildman–Crippen LogP) is 2.39. The minimum atomic E-state index is -0.961. The lowest BCUT2D eigenvalue weighted by Gasteiger charge is -2.10. The van der Waals surface area contributed by atoms with Crippen molar-refractivity contribution in [2.24, 2.45) is 5.73 Å². The van der Waals surface area contributed by atoms with E-state index in [0.29, 0.717) is 11.4 Å². The Morgan fingerprint density at radius 3 is 2.37 bits per heavy atom. The molecule has 0 spiro atoms. The summed E-state index contributed by atoms with van der Waals surface area (Å²) in [4.78, 5) is 11.0. The molecular weight excluding hydrogens is 252 g/mol. The zero-order chi connectivity index (χ0) is 14.0. The summed E-state index contributed by atoms with van der Waals surface area (Å²) in [6.07, 6.45) is 0. The lowest BCUT2D eigenvalue weighted by atomic mass is 10.1. The second-order valence-electron chi connectivity index (χ2n) is 3.92. The van der Waals surface area contributed by atoms with Crippen LogP contribution in [-0.2, 0) is 0 Å². The number of amides is 1. The van der Waals surface area contributed by atoms with E-state index in [1.54, 1.807) is 0 Å². The summed E-state index contributed by atoms with van der Waals surface area (Å²) >= 11 is 0. The van der Waals surface area contributed by atoms with Gasteiger partial charge in [0.1, 0.15) is 0 Å². The summed E-state index contributed by atoms with van der Waals surface area (Å²) in [7, 11) is 0. The highest BCUT2D eigenvalue weighted by Crippen LogP contribution is 2.25. The first-order valence-corrected chi connectivity index (χ1v) is 5.39. The van der Waals surface area contributed by atoms with Crippen LogP contribution < -0.4 is 16.8 Å². The summed E-state index contributed by atoms with van der Waals surface area (Å²) in [5.41, 5.74) is 12.2. The van der Waals surface area contributed by atoms with Gasteiger partial charge in [-0.3, -0.25) is 4.79 Å². The van der Waals surface area contributed by atoms with Crippen molar-refractivity contribution in [3.8, 4) is 0 Å². The number of carbonyl (C=O) groups is 1. The SMILES string of the molecule is NC(=O)c1ccc(Nc2ccc(F)c(F)c2)c(N)c1. The van der Waals surface area contributed by atoms with E-state index in [1.807, 2.05) is 0 Å². The standard InChI is InChI=1S/C13H11F2N3O/c14-9-3-2-8(6-10(9)15)18-12-4-1-7(13(17)19)5-11(12)16/h1-6,18H,16H2,(H2,17,19). The molecule has 0 aromatic heterocycles. The van der Waals surface area contributed by atoms with Crippen LogP contribution in [0.15, 0.2) is 36.4 Å². The van der Waals surface area contributed by atoms with Crippen LogP contribution in [0.1, 0.15) is 10.4 Å². The first-order chi connectivity index (χ1) is 8.97. The summed E-state index contributed by atoms with van der Waals surface area (Å²) < 4.78 is 25.8. The number of nitrogens with two attached hydrogens (primary N) is 2. The van der Waals surface area contributed by atoms with Gasteiger partial charge in [0.2, 0.25) is 5.91 Å². The number of nitrogens with one attached hydrogen (secondary N) is 1. The third-order valence-electron chi connectivity index (χ3n) is 2.53. The molecule has 1 amide bonds. The van der Waals surface area contributed by atoms with Crippen LogP contribution >= 0.6 is 0 Å². The molecule has 19 heavy (non-hydrogen) atoms. The van der Waals surface area contributed by atoms with E-state index in [4.69, 9.17) is 11.5 Å². The van der Waals surface area contributed by atoms with Crippen LogP contribution in [0.25, 0.3) is 0 Å². The molecule has 4 nitrogen and oxygen atoms in total. The van der Waals surface area contributed by atoms with Crippen LogP contribution in [0.4, 0.5) is 25.8 Å². The molecule has 0 fully saturated rings. The number of hydrogen-bond donors (Lipinski definition) is 3. The summed E-state index contributed by atoms with van der Waals surface area (Å²) in [6.45, 7) is 0. The Kier molecular flexibility index (Phi) is 3.33. The molecule has 2 aromatic carbocycles. The normalized spacial score (nSPS) is 10.2. The Morgan fingerprint density at radius 2 is 1.79 bits per heavy atom. The van der Waals surface area contributed by atoms with Crippen molar-refractivity contribution in [3.05, 3.63) is 53.6 Å². The van der Waals surface area contributed by atoms with Gasteiger partial charge in [-0.05, 0) is 30.3 Å². The van der Waals surface area contributed by atoms with E-state index in [-0.39, 0.29) is 11.3 Å². The molecule has 0 saturated carbocycles. The maximum absolute atomic E-state index is 13.0. The highest BCUT2D eigenvalue weighted by Gasteiger charge is 2.07. The fourth-order valence-corrected chi connectivity index (χ4v) is 1.56. The summed E-state index contributed by atoms with van der Waals surface area (Å²) in [5.74, 6) is -2.48. The number of benzene rings is 2. The minimum Gasteiger partial charge on any atom is -0.397 e. The maximum atomic E-state index is 13.0. The Bertz CT molecular complexity index is 644. The topological polar surface area (TPSA) is 81.1 Å². The Balaban J connectivity index is 2.28. The van der Waals surface area contributed by atoms with Crippen LogP contribution in [0.5, 0.6) is 0 Å². The van der Waals surface area contributed by atoms with Crippen molar-refractivity contribution < 1.29 is 13.6 Å². The highest BCUT2D eigenvalue weighted by atomic mass is 19.2. The zero-order valence-electron chi connectivity index (χ0n) is 9.78. The predicted molar refractivity (Wildman–Crippen MR) is 69.0 cm³/mol. The van der Waals surface area contributed by atoms with Gasteiger partial charge >= 0.3 is 0 Å². The number of nitrogen functional groups attached to an aromatic ring is 1. The van der Waals surface area contributed by atoms with Gasteiger partial charge in [0.05, 0.1) is 11.4 Å². The van der Waals surface area contributed by atoms with Crippen LogP contribution in [-0.4, -0.2) is 5.91 Å². The van der Waals surface area contributed by atoms with Crippen molar-refractivity contribution in [3.63, 3.8) is 0 Å². The molecule has 0 atom stereocenters. The van der Waals surface area contributed by atoms with E-state index in [9.17, 15) is 13.6 Å². The van der Waals surface area contributed by atoms with E-state index in [0.717, 1.165) is 12.1 Å². The van der Waals surface area contributed by atoms with E-state index < -0.39 is 17.5 Å². The fourth-order valence-electron chi connectivity index (χ4n) is 1.56. The van der Waals surface area contributed by atoms with E-state index in [2.05, 4.69) is 5.32 Å². The molecule has 0 radical (unpaired) electrons. The fraction of sp³-hybridized carbons (Fsp3) is 0. The Labute approximate surface area is 108 Å². The molecule has 2 aromatic rings. The molecule has 2 rings (SSSR count). The van der Waals surface area contributed by atoms with E-state index >= 15 is 0 Å². The molecule has 0 saturated heterocycles. The third-order valence-corrected chi connectivity index (χ3v) is 2.53. The lowest BCUT2D eigenvalue weighted by Crippen LogP contribution is -2.11. The monoisotopic (exact) mass is 263 g/mol. The number of halogens is 2. The van der Waals surface area contributed by atoms with Crippen LogP contribution in [0.3, 0.4) is 0 Å². The second kappa shape index (κ2) is 4.93. The number of primary amides is 1. The molecule has 98 valence electrons. The quantitative estimate of drug-likeness (QED) is 0.744. The number of rotatable bonds is 3. The number of carbonyl (C=O) groups excluding carboxylic acids is 1. The van der Waals surface area contributed by atoms with Crippen molar-refractivity contribution in [2.45, 2.75) is 0 Å². The highest BCUT2D eigenvalue weighted by molar-refractivity contribution is 5.95. The average molecular weight is 263 g/mol. The molecule has 0 aliphatic carbocycles. The van der Waals surface area contributed by atoms with Crippen LogP contribution in [0, 0.1) is 11.6 Å². The average Bonchev–Trinajstić information content (AvgIpc) is 2.36. The van der Waals surface area contributed by atoms with Crippen molar-refractivity contribution in [1.82, 2.24) is 0 Å². The molecular formula is C13H11F2N3O. The minimum absolute atomic E-state index is 0.272. The second-order valence-corrected chi connectivity index (χ2v) is 3.92. The van der Waals surface area contributed by atoms with Gasteiger partial charge in [-0.2, -0.15) is 0 Å². The first-order valence-electron chi connectivity index (χ1n) is 5.39. The van der Waals surface area contributed by atoms with Gasteiger partial charge in [0.25, 0.3) is 0 Å². The summed E-state index contributed by atoms with van der Waals surface area (Å²) in [5, 5.41) is 2.82. The van der Waals surface area contributed by atoms with Crippen molar-refractivity contribution in [2.75, 3.05) is 11.1 Å². The van der Waals surface area contributed by atoms with Crippen molar-refractivity contribution >= 4 is 23.0 Å². The Morgan fingerprint density at radius 1 is 1.05 bits per heavy atom. The van der Waals surface area contributed by atoms with Crippen LogP contribution in [0.2, 0.25) is 0 Å². The molecule has 0 bridgehead atoms. The lowest BCUT2D eigenvalue weighted by molar-refractivity contribution is 0.100. The van der Waals surface area contributed by atoms with E-state index in [1.165, 1.54) is 24.3 Å². The van der Waals surface area contributed by atoms with Gasteiger partial charge in [-0.1, -0.05) is 0 Å². The van der Waals surface area contributed by atoms with Gasteiger partial charge in [-0.15, -0.1) is 0 Å². The van der Waals surface area contributed by atoms with Gasteiger partial charge in [-0.25, -0.2) is 8.78 Å². The molecule has 0 heterocycles. The number of hydrogen-bond acceptors (Lipinski definition) is 3. The largest absolute Gasteiger partial charge is 0.397 e. The third kappa shape index (κ3) is 2.79. The Hall–Kier alpha value is -2.63. The molecule has 5 N–H and O–H groups in total. The molecule has 0 aliphatic heterocycles. The maximum Gasteiger partial charge on any atom is 0.248 e. The van der Waals surface area contributed by atoms with Gasteiger partial charge < -0.3 is 16.8 Å².